The third-order valence-corrected chi connectivity index (χ3v) is 4.96. The van der Waals surface area contributed by atoms with Gasteiger partial charge in [-0.25, -0.2) is 0 Å². The molecule has 1 aliphatic heterocycles. The Morgan fingerprint density at radius 1 is 1.13 bits per heavy atom. The lowest BCUT2D eigenvalue weighted by Crippen LogP contribution is -2.60. The van der Waals surface area contributed by atoms with E-state index in [-0.39, 0.29) is 0 Å². The number of ether oxygens (including phenoxy) is 1. The molecular weight excluding hydrogens is 252 g/mol. The molecule has 0 bridgehead atoms. The first-order valence-electron chi connectivity index (χ1n) is 5.48. The molecule has 1 saturated carbocycles. The quantitative estimate of drug-likeness (QED) is 0.748. The Hall–Kier alpha value is -0.340. The minimum atomic E-state index is 0.380. The van der Waals surface area contributed by atoms with E-state index in [1.54, 1.807) is 0 Å². The van der Waals surface area contributed by atoms with Crippen LogP contribution >= 0.6 is 15.9 Å². The van der Waals surface area contributed by atoms with Crippen LogP contribution in [-0.4, -0.2) is 18.5 Å². The van der Waals surface area contributed by atoms with Gasteiger partial charge < -0.3 is 4.74 Å². The second kappa shape index (κ2) is 3.33. The first kappa shape index (κ1) is 9.86. The molecule has 0 unspecified atom stereocenters. The third-order valence-electron chi connectivity index (χ3n) is 3.89. The number of hydrogen-bond donors (Lipinski definition) is 0. The smallest absolute Gasteiger partial charge is 0.0545 e. The summed E-state index contributed by atoms with van der Waals surface area (Å²) in [6, 6.07) is 10.9. The highest BCUT2D eigenvalue weighted by molar-refractivity contribution is 9.09. The van der Waals surface area contributed by atoms with Crippen molar-refractivity contribution in [3.63, 3.8) is 0 Å². The second-order valence-corrected chi connectivity index (χ2v) is 5.69. The molecule has 0 N–H and O–H groups in total. The van der Waals surface area contributed by atoms with E-state index in [9.17, 15) is 0 Å². The van der Waals surface area contributed by atoms with E-state index in [2.05, 4.69) is 46.3 Å². The van der Waals surface area contributed by atoms with E-state index >= 15 is 0 Å². The number of hydrogen-bond acceptors (Lipinski definition) is 1. The van der Waals surface area contributed by atoms with Crippen molar-refractivity contribution >= 4 is 15.9 Å². The fourth-order valence-corrected chi connectivity index (χ4v) is 3.87. The highest BCUT2D eigenvalue weighted by Crippen LogP contribution is 2.59. The third kappa shape index (κ3) is 1.38. The number of alkyl halides is 1. The van der Waals surface area contributed by atoms with Crippen LogP contribution in [0.1, 0.15) is 18.4 Å². The van der Waals surface area contributed by atoms with Crippen molar-refractivity contribution in [1.82, 2.24) is 0 Å². The van der Waals surface area contributed by atoms with Crippen molar-refractivity contribution in [3.05, 3.63) is 35.9 Å². The van der Waals surface area contributed by atoms with Crippen LogP contribution in [0, 0.1) is 5.41 Å². The van der Waals surface area contributed by atoms with Crippen LogP contribution in [-0.2, 0) is 10.2 Å². The van der Waals surface area contributed by atoms with Gasteiger partial charge in [0.1, 0.15) is 0 Å². The molecule has 1 aromatic rings. The highest BCUT2D eigenvalue weighted by atomic mass is 79.9. The average molecular weight is 267 g/mol. The van der Waals surface area contributed by atoms with Crippen molar-refractivity contribution in [2.75, 3.05) is 18.5 Å². The molecule has 1 aromatic carbocycles. The Bertz CT molecular complexity index is 348. The fourth-order valence-electron chi connectivity index (χ4n) is 3.15. The summed E-state index contributed by atoms with van der Waals surface area (Å²) in [4.78, 5) is 0. The van der Waals surface area contributed by atoms with E-state index in [1.165, 1.54) is 18.4 Å². The predicted octanol–water partition coefficient (Wildman–Crippen LogP) is 3.13. The molecule has 0 aromatic heterocycles. The molecule has 3 rings (SSSR count). The molecule has 0 radical (unpaired) electrons. The zero-order valence-corrected chi connectivity index (χ0v) is 10.3. The molecular formula is C13H15BrO. The van der Waals surface area contributed by atoms with Gasteiger partial charge in [-0.05, 0) is 18.4 Å². The molecule has 2 fully saturated rings. The number of halogens is 1. The molecule has 1 saturated heterocycles. The molecule has 2 heteroatoms. The van der Waals surface area contributed by atoms with Gasteiger partial charge in [-0.15, -0.1) is 0 Å². The zero-order chi connectivity index (χ0) is 10.4. The number of rotatable bonds is 2. The Kier molecular flexibility index (Phi) is 2.18. The van der Waals surface area contributed by atoms with Gasteiger partial charge in [-0.2, -0.15) is 0 Å². The molecule has 80 valence electrons. The van der Waals surface area contributed by atoms with Gasteiger partial charge in [-0.3, -0.25) is 0 Å². The summed E-state index contributed by atoms with van der Waals surface area (Å²) in [7, 11) is 0. The van der Waals surface area contributed by atoms with Crippen molar-refractivity contribution < 1.29 is 4.74 Å². The van der Waals surface area contributed by atoms with E-state index in [0.29, 0.717) is 10.8 Å². The monoisotopic (exact) mass is 266 g/mol. The standard InChI is InChI=1S/C13H15BrO/c14-8-13(11-4-2-1-3-5-11)6-12(7-13)9-15-10-12/h1-5H,6-10H2. The van der Waals surface area contributed by atoms with Gasteiger partial charge in [0.2, 0.25) is 0 Å². The van der Waals surface area contributed by atoms with Gasteiger partial charge in [0.05, 0.1) is 13.2 Å². The van der Waals surface area contributed by atoms with Gasteiger partial charge in [0.25, 0.3) is 0 Å². The van der Waals surface area contributed by atoms with Crippen LogP contribution in [0.5, 0.6) is 0 Å². The lowest BCUT2D eigenvalue weighted by Gasteiger charge is -2.60. The predicted molar refractivity (Wildman–Crippen MR) is 64.4 cm³/mol. The summed E-state index contributed by atoms with van der Waals surface area (Å²) < 4.78 is 5.34. The van der Waals surface area contributed by atoms with Gasteiger partial charge >= 0.3 is 0 Å². The van der Waals surface area contributed by atoms with Crippen LogP contribution in [0.3, 0.4) is 0 Å². The maximum Gasteiger partial charge on any atom is 0.0545 e. The van der Waals surface area contributed by atoms with E-state index in [4.69, 9.17) is 4.74 Å². The molecule has 0 amide bonds. The molecule has 1 aliphatic carbocycles. The summed E-state index contributed by atoms with van der Waals surface area (Å²) in [5.41, 5.74) is 2.40. The summed E-state index contributed by atoms with van der Waals surface area (Å²) in [6.45, 7) is 1.96. The van der Waals surface area contributed by atoms with E-state index in [1.807, 2.05) is 0 Å². The maximum absolute atomic E-state index is 5.34. The van der Waals surface area contributed by atoms with Crippen LogP contribution in [0.4, 0.5) is 0 Å². The first-order valence-corrected chi connectivity index (χ1v) is 6.60. The lowest BCUT2D eigenvalue weighted by atomic mass is 9.50. The molecule has 1 heterocycles. The SMILES string of the molecule is BrCC1(c2ccccc2)CC2(COC2)C1. The molecule has 2 aliphatic rings. The number of benzene rings is 1. The van der Waals surface area contributed by atoms with Crippen LogP contribution in [0.25, 0.3) is 0 Å². The minimum absolute atomic E-state index is 0.380. The Morgan fingerprint density at radius 3 is 2.27 bits per heavy atom. The Morgan fingerprint density at radius 2 is 1.80 bits per heavy atom. The molecule has 1 spiro atoms. The van der Waals surface area contributed by atoms with E-state index < -0.39 is 0 Å². The minimum Gasteiger partial charge on any atom is -0.380 e. The van der Waals surface area contributed by atoms with E-state index in [0.717, 1.165) is 18.5 Å². The first-order chi connectivity index (χ1) is 7.29. The molecule has 1 nitrogen and oxygen atoms in total. The Labute approximate surface area is 99.0 Å². The van der Waals surface area contributed by atoms with Gasteiger partial charge in [-0.1, -0.05) is 46.3 Å². The lowest BCUT2D eigenvalue weighted by molar-refractivity contribution is -0.184. The van der Waals surface area contributed by atoms with Crippen molar-refractivity contribution in [2.45, 2.75) is 18.3 Å². The average Bonchev–Trinajstić information content (AvgIpc) is 2.17. The Balaban J connectivity index is 1.84. The van der Waals surface area contributed by atoms with Crippen molar-refractivity contribution in [1.29, 1.82) is 0 Å². The summed E-state index contributed by atoms with van der Waals surface area (Å²) in [5, 5.41) is 1.08. The van der Waals surface area contributed by atoms with Gasteiger partial charge in [0.15, 0.2) is 0 Å². The van der Waals surface area contributed by atoms with Crippen LogP contribution in [0.15, 0.2) is 30.3 Å². The highest BCUT2D eigenvalue weighted by Gasteiger charge is 2.58. The second-order valence-electron chi connectivity index (χ2n) is 5.13. The van der Waals surface area contributed by atoms with Crippen molar-refractivity contribution in [2.24, 2.45) is 5.41 Å². The van der Waals surface area contributed by atoms with Gasteiger partial charge in [0, 0.05) is 16.2 Å². The summed E-state index contributed by atoms with van der Waals surface area (Å²) in [5.74, 6) is 0. The largest absolute Gasteiger partial charge is 0.380 e. The maximum atomic E-state index is 5.34. The molecule has 0 atom stereocenters. The van der Waals surface area contributed by atoms with Crippen molar-refractivity contribution in [3.8, 4) is 0 Å². The normalized spacial score (nSPS) is 25.7. The molecule has 15 heavy (non-hydrogen) atoms. The topological polar surface area (TPSA) is 9.23 Å². The van der Waals surface area contributed by atoms with Crippen LogP contribution in [0.2, 0.25) is 0 Å². The summed E-state index contributed by atoms with van der Waals surface area (Å²) in [6.07, 6.45) is 2.57. The summed E-state index contributed by atoms with van der Waals surface area (Å²) >= 11 is 3.68. The zero-order valence-electron chi connectivity index (χ0n) is 8.71. The van der Waals surface area contributed by atoms with Crippen LogP contribution < -0.4 is 0 Å². The fraction of sp³-hybridized carbons (Fsp3) is 0.538.